The smallest absolute Gasteiger partial charge is 0.317 e. The molecule has 0 atom stereocenters. The van der Waals surface area contributed by atoms with Gasteiger partial charge in [-0.25, -0.2) is 4.79 Å². The number of halogens is 1. The van der Waals surface area contributed by atoms with E-state index in [0.717, 1.165) is 42.1 Å². The lowest BCUT2D eigenvalue weighted by atomic mass is 9.94. The molecule has 1 aliphatic rings. The fourth-order valence-corrected chi connectivity index (χ4v) is 4.80. The Morgan fingerprint density at radius 2 is 2.00 bits per heavy atom. The van der Waals surface area contributed by atoms with Crippen LogP contribution in [0, 0.1) is 6.92 Å². The zero-order chi connectivity index (χ0) is 22.1. The molecule has 5 rings (SSSR count). The van der Waals surface area contributed by atoms with Gasteiger partial charge in [-0.15, -0.1) is 5.10 Å². The average Bonchev–Trinajstić information content (AvgIpc) is 3.28. The molecule has 0 radical (unpaired) electrons. The fraction of sp³-hybridized carbons (Fsp3) is 0.333. The number of rotatable bonds is 4. The molecule has 2 heterocycles. The third-order valence-corrected chi connectivity index (χ3v) is 6.43. The van der Waals surface area contributed by atoms with Crippen LogP contribution in [0.15, 0.2) is 48.5 Å². The van der Waals surface area contributed by atoms with Gasteiger partial charge in [0.2, 0.25) is 0 Å². The Hall–Kier alpha value is -3.19. The van der Waals surface area contributed by atoms with Crippen molar-refractivity contribution in [2.24, 2.45) is 0 Å². The predicted octanol–water partition coefficient (Wildman–Crippen LogP) is 5.61. The Balaban J connectivity index is 1.52. The van der Waals surface area contributed by atoms with Gasteiger partial charge in [0, 0.05) is 27.7 Å². The van der Waals surface area contributed by atoms with E-state index >= 15 is 0 Å². The van der Waals surface area contributed by atoms with Crippen molar-refractivity contribution in [1.82, 2.24) is 24.9 Å². The molecule has 4 aromatic rings. The Kier molecular flexibility index (Phi) is 5.66. The van der Waals surface area contributed by atoms with E-state index in [2.05, 4.69) is 46.0 Å². The Labute approximate surface area is 191 Å². The highest BCUT2D eigenvalue weighted by Gasteiger charge is 2.27. The van der Waals surface area contributed by atoms with E-state index in [1.165, 1.54) is 12.0 Å². The molecule has 8 heteroatoms. The van der Waals surface area contributed by atoms with Crippen LogP contribution in [0.4, 0.5) is 10.5 Å². The van der Waals surface area contributed by atoms with Gasteiger partial charge in [0.05, 0.1) is 12.1 Å². The summed E-state index contributed by atoms with van der Waals surface area (Å²) >= 11 is 6.12. The third kappa shape index (κ3) is 4.12. The van der Waals surface area contributed by atoms with Crippen LogP contribution in [0.25, 0.3) is 16.6 Å². The van der Waals surface area contributed by atoms with E-state index < -0.39 is 0 Å². The summed E-state index contributed by atoms with van der Waals surface area (Å²) in [6.45, 7) is 2.50. The number of aryl methyl sites for hydroxylation is 1. The average molecular weight is 449 g/mol. The number of tetrazole rings is 1. The molecule has 2 amide bonds. The standard InChI is InChI=1S/C24H25ClN6O/c1-16-10-11-22-17(12-16)13-18(23-27-28-29-31(22)23)15-30(21-8-3-2-4-9-21)24(32)26-20-7-5-6-19(25)14-20/h5-7,10-14,21H,2-4,8-9,15H2,1H3,(H,26,32). The summed E-state index contributed by atoms with van der Waals surface area (Å²) in [5.74, 6) is 0. The highest BCUT2D eigenvalue weighted by atomic mass is 35.5. The number of hydrogen-bond acceptors (Lipinski definition) is 4. The minimum atomic E-state index is -0.130. The number of fused-ring (bicyclic) bond motifs is 3. The van der Waals surface area contributed by atoms with Crippen molar-refractivity contribution in [1.29, 1.82) is 0 Å². The van der Waals surface area contributed by atoms with Crippen molar-refractivity contribution in [3.05, 3.63) is 64.7 Å². The first-order chi connectivity index (χ1) is 15.6. The largest absolute Gasteiger partial charge is 0.322 e. The van der Waals surface area contributed by atoms with Crippen molar-refractivity contribution in [3.8, 4) is 0 Å². The van der Waals surface area contributed by atoms with Gasteiger partial charge in [-0.2, -0.15) is 4.52 Å². The summed E-state index contributed by atoms with van der Waals surface area (Å²) in [4.78, 5) is 15.4. The van der Waals surface area contributed by atoms with E-state index in [-0.39, 0.29) is 12.1 Å². The zero-order valence-electron chi connectivity index (χ0n) is 18.0. The number of carbonyl (C=O) groups is 1. The summed E-state index contributed by atoms with van der Waals surface area (Å²) in [5.41, 5.74) is 4.41. The number of anilines is 1. The number of amides is 2. The first-order valence-corrected chi connectivity index (χ1v) is 11.4. The quantitative estimate of drug-likeness (QED) is 0.440. The topological polar surface area (TPSA) is 75.4 Å². The fourth-order valence-electron chi connectivity index (χ4n) is 4.61. The van der Waals surface area contributed by atoms with Crippen molar-refractivity contribution < 1.29 is 4.79 Å². The van der Waals surface area contributed by atoms with Crippen LogP contribution in [0.5, 0.6) is 0 Å². The first kappa shape index (κ1) is 20.7. The molecule has 0 unspecified atom stereocenters. The molecule has 0 spiro atoms. The summed E-state index contributed by atoms with van der Waals surface area (Å²) in [6, 6.07) is 15.6. The van der Waals surface area contributed by atoms with Gasteiger partial charge in [-0.3, -0.25) is 0 Å². The first-order valence-electron chi connectivity index (χ1n) is 11.0. The number of benzene rings is 2. The van der Waals surface area contributed by atoms with Crippen LogP contribution in [-0.4, -0.2) is 37.0 Å². The molecule has 1 aliphatic carbocycles. The molecular weight excluding hydrogens is 424 g/mol. The van der Waals surface area contributed by atoms with Gasteiger partial charge in [-0.1, -0.05) is 48.6 Å². The lowest BCUT2D eigenvalue weighted by molar-refractivity contribution is 0.163. The molecule has 7 nitrogen and oxygen atoms in total. The zero-order valence-corrected chi connectivity index (χ0v) is 18.7. The second-order valence-electron chi connectivity index (χ2n) is 8.51. The van der Waals surface area contributed by atoms with Gasteiger partial charge >= 0.3 is 6.03 Å². The normalized spacial score (nSPS) is 14.7. The molecule has 164 valence electrons. The highest BCUT2D eigenvalue weighted by molar-refractivity contribution is 6.30. The molecule has 1 N–H and O–H groups in total. The maximum atomic E-state index is 13.4. The van der Waals surface area contributed by atoms with Gasteiger partial charge in [0.1, 0.15) is 0 Å². The van der Waals surface area contributed by atoms with Crippen LogP contribution in [-0.2, 0) is 6.54 Å². The van der Waals surface area contributed by atoms with E-state index in [9.17, 15) is 4.79 Å². The highest BCUT2D eigenvalue weighted by Crippen LogP contribution is 2.28. The predicted molar refractivity (Wildman–Crippen MR) is 126 cm³/mol. The van der Waals surface area contributed by atoms with Crippen LogP contribution >= 0.6 is 11.6 Å². The number of carbonyl (C=O) groups excluding carboxylic acids is 1. The van der Waals surface area contributed by atoms with E-state index in [4.69, 9.17) is 11.6 Å². The molecule has 32 heavy (non-hydrogen) atoms. The summed E-state index contributed by atoms with van der Waals surface area (Å²) < 4.78 is 1.76. The molecule has 1 saturated carbocycles. The summed E-state index contributed by atoms with van der Waals surface area (Å²) in [6.07, 6.45) is 5.47. The van der Waals surface area contributed by atoms with Crippen molar-refractivity contribution in [2.75, 3.05) is 5.32 Å². The van der Waals surface area contributed by atoms with Gasteiger partial charge in [0.25, 0.3) is 0 Å². The second kappa shape index (κ2) is 8.74. The molecular formula is C24H25ClN6O. The lowest BCUT2D eigenvalue weighted by Gasteiger charge is -2.34. The molecule has 0 aliphatic heterocycles. The molecule has 2 aromatic heterocycles. The second-order valence-corrected chi connectivity index (χ2v) is 8.94. The van der Waals surface area contributed by atoms with Crippen LogP contribution in [0.3, 0.4) is 0 Å². The minimum Gasteiger partial charge on any atom is -0.317 e. The molecule has 0 bridgehead atoms. The monoisotopic (exact) mass is 448 g/mol. The molecule has 0 saturated heterocycles. The number of nitrogens with one attached hydrogen (secondary N) is 1. The number of urea groups is 1. The minimum absolute atomic E-state index is 0.130. The third-order valence-electron chi connectivity index (χ3n) is 6.19. The van der Waals surface area contributed by atoms with Crippen molar-refractivity contribution >= 4 is 39.9 Å². The Morgan fingerprint density at radius 3 is 2.81 bits per heavy atom. The van der Waals surface area contributed by atoms with Crippen LogP contribution in [0.1, 0.15) is 43.2 Å². The molecule has 1 fully saturated rings. The Bertz CT molecular complexity index is 1280. The lowest BCUT2D eigenvalue weighted by Crippen LogP contribution is -2.43. The number of aromatic nitrogens is 4. The van der Waals surface area contributed by atoms with Crippen molar-refractivity contribution in [2.45, 2.75) is 51.6 Å². The van der Waals surface area contributed by atoms with Crippen molar-refractivity contribution in [3.63, 3.8) is 0 Å². The van der Waals surface area contributed by atoms with E-state index in [1.807, 2.05) is 23.1 Å². The number of pyridine rings is 1. The Morgan fingerprint density at radius 1 is 1.16 bits per heavy atom. The van der Waals surface area contributed by atoms with Gasteiger partial charge < -0.3 is 10.2 Å². The maximum Gasteiger partial charge on any atom is 0.322 e. The van der Waals surface area contributed by atoms with Crippen LogP contribution in [0.2, 0.25) is 5.02 Å². The van der Waals surface area contributed by atoms with Crippen LogP contribution < -0.4 is 5.32 Å². The van der Waals surface area contributed by atoms with Gasteiger partial charge in [0.15, 0.2) is 5.65 Å². The summed E-state index contributed by atoms with van der Waals surface area (Å²) in [7, 11) is 0. The molecule has 2 aromatic carbocycles. The van der Waals surface area contributed by atoms with Gasteiger partial charge in [-0.05, 0) is 66.6 Å². The maximum absolute atomic E-state index is 13.4. The summed E-state index contributed by atoms with van der Waals surface area (Å²) in [5, 5.41) is 17.1. The SMILES string of the molecule is Cc1ccc2c(c1)cc(CN(C(=O)Nc1cccc(Cl)c1)C1CCCCC1)c1nnnn12. The number of nitrogens with zero attached hydrogens (tertiary/aromatic N) is 5. The van der Waals surface area contributed by atoms with E-state index in [1.54, 1.807) is 16.6 Å². The van der Waals surface area contributed by atoms with E-state index in [0.29, 0.717) is 22.9 Å². The number of hydrogen-bond donors (Lipinski definition) is 1.